The van der Waals surface area contributed by atoms with E-state index in [0.29, 0.717) is 12.8 Å². The fourth-order valence-corrected chi connectivity index (χ4v) is 3.97. The Morgan fingerprint density at radius 2 is 2.09 bits per heavy atom. The van der Waals surface area contributed by atoms with Gasteiger partial charge in [-0.2, -0.15) is 0 Å². The van der Waals surface area contributed by atoms with E-state index in [0.717, 1.165) is 18.4 Å². The molecule has 0 spiro atoms. The summed E-state index contributed by atoms with van der Waals surface area (Å²) in [6, 6.07) is 0. The van der Waals surface area contributed by atoms with Gasteiger partial charge in [0, 0.05) is 12.3 Å². The number of carbonyl (C=O) groups excluding carboxylic acids is 2. The summed E-state index contributed by atoms with van der Waals surface area (Å²) in [6.07, 6.45) is 9.52. The molecule has 1 fully saturated rings. The van der Waals surface area contributed by atoms with E-state index in [1.807, 2.05) is 6.92 Å². The molecule has 0 aromatic heterocycles. The number of hydrogen-bond donors (Lipinski definition) is 1. The number of ether oxygens (including phenoxy) is 1. The Labute approximate surface area is 137 Å². The third kappa shape index (κ3) is 3.57. The molecule has 124 valence electrons. The molecule has 1 N–H and O–H groups in total. The summed E-state index contributed by atoms with van der Waals surface area (Å²) in [5.41, 5.74) is 2.31. The maximum atomic E-state index is 12.3. The van der Waals surface area contributed by atoms with Crippen molar-refractivity contribution in [2.75, 3.05) is 0 Å². The van der Waals surface area contributed by atoms with Gasteiger partial charge in [0.05, 0.1) is 12.5 Å². The molecular weight excluding hydrogens is 292 g/mol. The molecule has 4 heteroatoms. The molecule has 4 nitrogen and oxygen atoms in total. The molecule has 0 aromatic rings. The Bertz CT molecular complexity index is 560. The van der Waals surface area contributed by atoms with Gasteiger partial charge in [0.25, 0.3) is 0 Å². The van der Waals surface area contributed by atoms with E-state index < -0.39 is 6.10 Å². The molecule has 3 rings (SSSR count). The maximum absolute atomic E-state index is 12.3. The minimum Gasteiger partial charge on any atom is -0.462 e. The van der Waals surface area contributed by atoms with Crippen molar-refractivity contribution in [2.24, 2.45) is 17.8 Å². The van der Waals surface area contributed by atoms with Crippen LogP contribution in [-0.4, -0.2) is 29.1 Å². The van der Waals surface area contributed by atoms with Gasteiger partial charge in [-0.25, -0.2) is 0 Å². The van der Waals surface area contributed by atoms with Crippen LogP contribution in [-0.2, 0) is 14.3 Å². The lowest BCUT2D eigenvalue weighted by Crippen LogP contribution is -2.36. The van der Waals surface area contributed by atoms with Gasteiger partial charge in [0.2, 0.25) is 0 Å². The smallest absolute Gasteiger partial charge is 0.308 e. The molecule has 2 radical (unpaired) electrons. The Balaban J connectivity index is 1.68. The van der Waals surface area contributed by atoms with Gasteiger partial charge in [-0.3, -0.25) is 9.59 Å². The molecular formula is C19H24O4. The van der Waals surface area contributed by atoms with E-state index in [1.165, 1.54) is 5.57 Å². The Kier molecular flexibility index (Phi) is 4.72. The molecule has 23 heavy (non-hydrogen) atoms. The zero-order valence-electron chi connectivity index (χ0n) is 13.7. The van der Waals surface area contributed by atoms with Gasteiger partial charge in [0.15, 0.2) is 5.78 Å². The van der Waals surface area contributed by atoms with Crippen LogP contribution in [0.3, 0.4) is 0 Å². The van der Waals surface area contributed by atoms with E-state index in [2.05, 4.69) is 19.4 Å². The largest absolute Gasteiger partial charge is 0.462 e. The number of allylic oxidation sites excluding steroid dienone is 4. The summed E-state index contributed by atoms with van der Waals surface area (Å²) in [4.78, 5) is 23.7. The van der Waals surface area contributed by atoms with Gasteiger partial charge in [0.1, 0.15) is 6.10 Å². The first kappa shape index (κ1) is 16.4. The number of rotatable bonds is 3. The number of esters is 1. The van der Waals surface area contributed by atoms with Crippen LogP contribution < -0.4 is 0 Å². The Morgan fingerprint density at radius 3 is 2.83 bits per heavy atom. The molecule has 1 saturated heterocycles. The summed E-state index contributed by atoms with van der Waals surface area (Å²) in [6.45, 7) is 4.04. The summed E-state index contributed by atoms with van der Waals surface area (Å²) in [7, 11) is 0. The van der Waals surface area contributed by atoms with Gasteiger partial charge in [-0.05, 0) is 56.1 Å². The van der Waals surface area contributed by atoms with Crippen molar-refractivity contribution in [3.05, 3.63) is 29.7 Å². The lowest BCUT2D eigenvalue weighted by Gasteiger charge is -2.38. The van der Waals surface area contributed by atoms with Crippen molar-refractivity contribution in [2.45, 2.75) is 58.2 Å². The Hall–Kier alpha value is -1.42. The topological polar surface area (TPSA) is 63.6 Å². The van der Waals surface area contributed by atoms with Gasteiger partial charge < -0.3 is 9.84 Å². The summed E-state index contributed by atoms with van der Waals surface area (Å²) in [5.74, 6) is 0.207. The minimum absolute atomic E-state index is 0.0349. The molecule has 3 aliphatic rings. The zero-order chi connectivity index (χ0) is 16.6. The van der Waals surface area contributed by atoms with Crippen LogP contribution in [0, 0.1) is 24.2 Å². The quantitative estimate of drug-likeness (QED) is 0.813. The van der Waals surface area contributed by atoms with Crippen LogP contribution in [0.5, 0.6) is 0 Å². The molecule has 0 amide bonds. The second-order valence-electron chi connectivity index (χ2n) is 7.13. The second-order valence-corrected chi connectivity index (χ2v) is 7.13. The fourth-order valence-electron chi connectivity index (χ4n) is 3.97. The lowest BCUT2D eigenvalue weighted by molar-refractivity contribution is -0.160. The number of fused-ring (bicyclic) bond motifs is 1. The number of cyclic esters (lactones) is 1. The molecule has 5 unspecified atom stereocenters. The highest BCUT2D eigenvalue weighted by Crippen LogP contribution is 2.42. The van der Waals surface area contributed by atoms with E-state index in [9.17, 15) is 14.7 Å². The first-order valence-electron chi connectivity index (χ1n) is 8.47. The average molecular weight is 316 g/mol. The third-order valence-electron chi connectivity index (χ3n) is 5.26. The van der Waals surface area contributed by atoms with Crippen molar-refractivity contribution in [3.8, 4) is 0 Å². The van der Waals surface area contributed by atoms with Crippen LogP contribution in [0.1, 0.15) is 46.0 Å². The molecule has 2 aliphatic carbocycles. The monoisotopic (exact) mass is 316 g/mol. The average Bonchev–Trinajstić information content (AvgIpc) is 2.47. The lowest BCUT2D eigenvalue weighted by atomic mass is 9.66. The highest BCUT2D eigenvalue weighted by Gasteiger charge is 2.38. The summed E-state index contributed by atoms with van der Waals surface area (Å²) >= 11 is 0. The van der Waals surface area contributed by atoms with E-state index >= 15 is 0 Å². The molecule has 5 atom stereocenters. The van der Waals surface area contributed by atoms with Crippen LogP contribution in [0.4, 0.5) is 0 Å². The van der Waals surface area contributed by atoms with Crippen LogP contribution >= 0.6 is 0 Å². The summed E-state index contributed by atoms with van der Waals surface area (Å²) < 4.78 is 5.33. The second kappa shape index (κ2) is 6.60. The van der Waals surface area contributed by atoms with Crippen molar-refractivity contribution >= 4 is 11.8 Å². The van der Waals surface area contributed by atoms with Crippen molar-refractivity contribution in [1.82, 2.24) is 0 Å². The molecule has 0 bridgehead atoms. The molecule has 1 aliphatic heterocycles. The van der Waals surface area contributed by atoms with Crippen molar-refractivity contribution < 1.29 is 19.4 Å². The SMILES string of the molecule is CC1=CC2=CC(=O)C(C)C(CCC3CC(O)CC(=O)O3)C2[C]C1. The molecule has 0 saturated carbocycles. The van der Waals surface area contributed by atoms with Crippen LogP contribution in [0.15, 0.2) is 23.3 Å². The number of ketones is 1. The molecule has 0 aromatic carbocycles. The van der Waals surface area contributed by atoms with E-state index in [1.54, 1.807) is 6.08 Å². The number of aliphatic hydroxyl groups is 1. The Morgan fingerprint density at radius 1 is 1.30 bits per heavy atom. The van der Waals surface area contributed by atoms with Crippen LogP contribution in [0.2, 0.25) is 0 Å². The number of aliphatic hydroxyl groups excluding tert-OH is 1. The van der Waals surface area contributed by atoms with E-state index in [-0.39, 0.29) is 42.0 Å². The first-order chi connectivity index (χ1) is 10.9. The summed E-state index contributed by atoms with van der Waals surface area (Å²) in [5, 5.41) is 9.71. The van der Waals surface area contributed by atoms with Crippen molar-refractivity contribution in [3.63, 3.8) is 0 Å². The number of hydrogen-bond acceptors (Lipinski definition) is 4. The zero-order valence-corrected chi connectivity index (χ0v) is 13.7. The van der Waals surface area contributed by atoms with Gasteiger partial charge >= 0.3 is 5.97 Å². The molecule has 1 heterocycles. The predicted molar refractivity (Wildman–Crippen MR) is 85.2 cm³/mol. The standard InChI is InChI=1S/C19H24O4/c1-11-3-5-17-13(7-11)8-18(21)12(2)16(17)6-4-15-9-14(20)10-19(22)23-15/h7-8,12,14-17,20H,3-4,6,9-10H2,1-2H3. The van der Waals surface area contributed by atoms with E-state index in [4.69, 9.17) is 4.74 Å². The predicted octanol–water partition coefficient (Wildman–Crippen LogP) is 2.64. The van der Waals surface area contributed by atoms with Gasteiger partial charge in [-0.15, -0.1) is 0 Å². The van der Waals surface area contributed by atoms with Crippen LogP contribution in [0.25, 0.3) is 0 Å². The van der Waals surface area contributed by atoms with Gasteiger partial charge in [-0.1, -0.05) is 18.6 Å². The highest BCUT2D eigenvalue weighted by molar-refractivity contribution is 5.94. The fraction of sp³-hybridized carbons (Fsp3) is 0.632. The van der Waals surface area contributed by atoms with Crippen molar-refractivity contribution in [1.29, 1.82) is 0 Å². The third-order valence-corrected chi connectivity index (χ3v) is 5.26. The first-order valence-corrected chi connectivity index (χ1v) is 8.47. The normalized spacial score (nSPS) is 37.6. The highest BCUT2D eigenvalue weighted by atomic mass is 16.5. The number of carbonyl (C=O) groups is 2. The maximum Gasteiger partial charge on any atom is 0.308 e. The minimum atomic E-state index is -0.597.